The number of unbranched alkanes of at least 4 members (excludes halogenated alkanes) is 1. The third-order valence-electron chi connectivity index (χ3n) is 6.33. The maximum absolute atomic E-state index is 5.68. The molecule has 0 N–H and O–H groups in total. The molecule has 0 saturated carbocycles. The summed E-state index contributed by atoms with van der Waals surface area (Å²) in [6.07, 6.45) is 20.8. The van der Waals surface area contributed by atoms with Gasteiger partial charge in [0.15, 0.2) is 0 Å². The molecule has 178 valence electrons. The average molecular weight is 430 g/mol. The molecule has 1 atom stereocenters. The fraction of sp³-hybridized carbons (Fsp3) is 0.724. The highest BCUT2D eigenvalue weighted by Gasteiger charge is 2.46. The van der Waals surface area contributed by atoms with Crippen molar-refractivity contribution in [2.75, 3.05) is 20.1 Å². The van der Waals surface area contributed by atoms with E-state index in [4.69, 9.17) is 4.74 Å². The van der Waals surface area contributed by atoms with Crippen LogP contribution < -0.4 is 0 Å². The zero-order chi connectivity index (χ0) is 23.3. The van der Waals surface area contributed by atoms with Crippen LogP contribution in [0.4, 0.5) is 0 Å². The van der Waals surface area contributed by atoms with Gasteiger partial charge in [-0.05, 0) is 120 Å². The van der Waals surface area contributed by atoms with Crippen molar-refractivity contribution in [2.45, 2.75) is 118 Å². The molecule has 1 aliphatic rings. The molecule has 2 nitrogen and oxygen atoms in total. The molecule has 1 heterocycles. The predicted molar refractivity (Wildman–Crippen MR) is 139 cm³/mol. The topological polar surface area (TPSA) is 15.8 Å². The van der Waals surface area contributed by atoms with Crippen LogP contribution in [-0.4, -0.2) is 36.7 Å². The summed E-state index contributed by atoms with van der Waals surface area (Å²) in [7, 11) is 2.25. The van der Waals surface area contributed by atoms with Gasteiger partial charge in [-0.1, -0.05) is 46.6 Å². The Morgan fingerprint density at radius 2 is 1.26 bits per heavy atom. The third kappa shape index (κ3) is 14.5. The van der Waals surface area contributed by atoms with Crippen LogP contribution in [0.1, 0.15) is 106 Å². The van der Waals surface area contributed by atoms with Gasteiger partial charge in [0.05, 0.1) is 11.7 Å². The Balaban J connectivity index is 2.08. The lowest BCUT2D eigenvalue weighted by Crippen LogP contribution is -2.20. The van der Waals surface area contributed by atoms with Gasteiger partial charge in [0.2, 0.25) is 0 Å². The molecule has 1 unspecified atom stereocenters. The lowest BCUT2D eigenvalue weighted by Gasteiger charge is -2.15. The first-order valence-corrected chi connectivity index (χ1v) is 12.6. The van der Waals surface area contributed by atoms with Crippen molar-refractivity contribution in [2.24, 2.45) is 0 Å². The van der Waals surface area contributed by atoms with Crippen LogP contribution in [0.2, 0.25) is 0 Å². The Morgan fingerprint density at radius 1 is 0.742 bits per heavy atom. The zero-order valence-corrected chi connectivity index (χ0v) is 22.0. The normalized spacial score (nSPS) is 19.1. The number of epoxide rings is 1. The monoisotopic (exact) mass is 429 g/mol. The van der Waals surface area contributed by atoms with Gasteiger partial charge in [-0.15, -0.1) is 0 Å². The Bertz CT molecular complexity index is 631. The van der Waals surface area contributed by atoms with Crippen molar-refractivity contribution in [1.29, 1.82) is 0 Å². The van der Waals surface area contributed by atoms with Crippen LogP contribution in [-0.2, 0) is 4.74 Å². The summed E-state index contributed by atoms with van der Waals surface area (Å²) in [5.74, 6) is 0. The van der Waals surface area contributed by atoms with E-state index >= 15 is 0 Å². The van der Waals surface area contributed by atoms with Gasteiger partial charge in [0.25, 0.3) is 0 Å². The van der Waals surface area contributed by atoms with Gasteiger partial charge in [0.1, 0.15) is 0 Å². The number of hydrogen-bond acceptors (Lipinski definition) is 2. The molecule has 0 radical (unpaired) electrons. The minimum absolute atomic E-state index is 0.133. The molecule has 1 aliphatic heterocycles. The minimum atomic E-state index is 0.133. The van der Waals surface area contributed by atoms with Crippen molar-refractivity contribution in [3.05, 3.63) is 46.6 Å². The predicted octanol–water partition coefficient (Wildman–Crippen LogP) is 8.41. The summed E-state index contributed by atoms with van der Waals surface area (Å²) in [6, 6.07) is 0. The molecule has 0 aromatic carbocycles. The van der Waals surface area contributed by atoms with Gasteiger partial charge in [0, 0.05) is 6.54 Å². The Morgan fingerprint density at radius 3 is 1.84 bits per heavy atom. The van der Waals surface area contributed by atoms with Crippen molar-refractivity contribution in [3.63, 3.8) is 0 Å². The molecule has 31 heavy (non-hydrogen) atoms. The number of nitrogens with zero attached hydrogens (tertiary/aromatic N) is 1. The van der Waals surface area contributed by atoms with Crippen LogP contribution in [0.5, 0.6) is 0 Å². The van der Waals surface area contributed by atoms with Gasteiger partial charge in [-0.2, -0.15) is 0 Å². The van der Waals surface area contributed by atoms with Crippen molar-refractivity contribution in [3.8, 4) is 0 Å². The lowest BCUT2D eigenvalue weighted by atomic mass is 10.0. The van der Waals surface area contributed by atoms with Gasteiger partial charge in [-0.25, -0.2) is 0 Å². The molecule has 1 fully saturated rings. The van der Waals surface area contributed by atoms with Crippen molar-refractivity contribution < 1.29 is 4.74 Å². The summed E-state index contributed by atoms with van der Waals surface area (Å²) in [5.41, 5.74) is 6.14. The molecule has 1 saturated heterocycles. The first-order valence-electron chi connectivity index (χ1n) is 12.6. The maximum atomic E-state index is 5.68. The van der Waals surface area contributed by atoms with E-state index in [9.17, 15) is 0 Å². The zero-order valence-electron chi connectivity index (χ0n) is 22.0. The quantitative estimate of drug-likeness (QED) is 0.139. The number of rotatable bonds is 16. The molecule has 0 aliphatic carbocycles. The highest BCUT2D eigenvalue weighted by atomic mass is 16.6. The van der Waals surface area contributed by atoms with Crippen LogP contribution in [0.25, 0.3) is 0 Å². The second-order valence-corrected chi connectivity index (χ2v) is 10.5. The van der Waals surface area contributed by atoms with Gasteiger partial charge >= 0.3 is 0 Å². The van der Waals surface area contributed by atoms with Crippen LogP contribution >= 0.6 is 0 Å². The Labute approximate surface area is 194 Å². The summed E-state index contributed by atoms with van der Waals surface area (Å²) >= 11 is 0. The Hall–Kier alpha value is -1.12. The fourth-order valence-corrected chi connectivity index (χ4v) is 3.89. The van der Waals surface area contributed by atoms with E-state index in [1.54, 1.807) is 0 Å². The molecule has 0 amide bonds. The third-order valence-corrected chi connectivity index (χ3v) is 6.33. The van der Waals surface area contributed by atoms with E-state index in [-0.39, 0.29) is 5.60 Å². The first-order chi connectivity index (χ1) is 14.6. The maximum Gasteiger partial charge on any atom is 0.0892 e. The second kappa shape index (κ2) is 14.9. The smallest absolute Gasteiger partial charge is 0.0892 e. The van der Waals surface area contributed by atoms with E-state index < -0.39 is 0 Å². The van der Waals surface area contributed by atoms with Gasteiger partial charge in [-0.3, -0.25) is 0 Å². The van der Waals surface area contributed by atoms with E-state index in [2.05, 4.69) is 84.7 Å². The van der Waals surface area contributed by atoms with Crippen LogP contribution in [0.3, 0.4) is 0 Å². The standard InChI is InChI=1S/C29H51NO/c1-24(2)14-11-16-26(4)18-12-17-25(3)15-9-10-22-30(8)23-13-19-27(5)20-21-28-29(6,7)31-28/h14-15,18-19,28H,9-13,16-17,20-23H2,1-8H3/b25-15+,26-18+,27-19-. The van der Waals surface area contributed by atoms with E-state index in [0.717, 1.165) is 13.0 Å². The van der Waals surface area contributed by atoms with Crippen LogP contribution in [0, 0.1) is 0 Å². The van der Waals surface area contributed by atoms with E-state index in [0.29, 0.717) is 6.10 Å². The lowest BCUT2D eigenvalue weighted by molar-refractivity contribution is 0.320. The summed E-state index contributed by atoms with van der Waals surface area (Å²) in [4.78, 5) is 2.47. The molecule has 0 bridgehead atoms. The highest BCUT2D eigenvalue weighted by molar-refractivity contribution is 5.05. The summed E-state index contributed by atoms with van der Waals surface area (Å²) in [5, 5.41) is 0. The SMILES string of the molecule is CC(C)=CCC/C(C)=C/CC/C(C)=C/CCCN(C)CC/C=C(/C)CCC1OC1(C)C. The molecule has 0 spiro atoms. The first kappa shape index (κ1) is 27.9. The largest absolute Gasteiger partial charge is 0.367 e. The van der Waals surface area contributed by atoms with Crippen molar-refractivity contribution >= 4 is 0 Å². The molecule has 0 aromatic heterocycles. The Kier molecular flexibility index (Phi) is 13.4. The molecule has 1 rings (SSSR count). The average Bonchev–Trinajstić information content (AvgIpc) is 3.30. The molecule has 2 heteroatoms. The van der Waals surface area contributed by atoms with Gasteiger partial charge < -0.3 is 9.64 Å². The summed E-state index contributed by atoms with van der Waals surface area (Å²) in [6.45, 7) is 17.9. The number of ether oxygens (including phenoxy) is 1. The fourth-order valence-electron chi connectivity index (χ4n) is 3.89. The second-order valence-electron chi connectivity index (χ2n) is 10.5. The molecular formula is C29H51NO. The molecular weight excluding hydrogens is 378 g/mol. The van der Waals surface area contributed by atoms with Crippen molar-refractivity contribution in [1.82, 2.24) is 4.90 Å². The molecule has 0 aromatic rings. The minimum Gasteiger partial charge on any atom is -0.367 e. The number of allylic oxidation sites excluding steroid dienone is 7. The van der Waals surface area contributed by atoms with E-state index in [1.807, 2.05) is 0 Å². The summed E-state index contributed by atoms with van der Waals surface area (Å²) < 4.78 is 5.68. The van der Waals surface area contributed by atoms with E-state index in [1.165, 1.54) is 80.2 Å². The number of hydrogen-bond donors (Lipinski definition) is 0. The highest BCUT2D eigenvalue weighted by Crippen LogP contribution is 2.38. The van der Waals surface area contributed by atoms with Crippen LogP contribution in [0.15, 0.2) is 46.6 Å².